The maximum Gasteiger partial charge on any atom is 0.328 e. The Morgan fingerprint density at radius 1 is 1.41 bits per heavy atom. The molecule has 1 aromatic heterocycles. The molecule has 1 N–H and O–H groups in total. The highest BCUT2D eigenvalue weighted by Crippen LogP contribution is 2.21. The molecule has 0 spiro atoms. The molecule has 1 heterocycles. The normalized spacial score (nSPS) is 11.5. The highest BCUT2D eigenvalue weighted by atomic mass is 16.4. The molecule has 0 aliphatic heterocycles. The second kappa shape index (κ2) is 4.05. The lowest BCUT2D eigenvalue weighted by Gasteiger charge is -2.01. The van der Waals surface area contributed by atoms with E-state index in [-0.39, 0.29) is 0 Å². The van der Waals surface area contributed by atoms with Gasteiger partial charge >= 0.3 is 5.97 Å². The number of carbonyl (C=O) groups is 1. The van der Waals surface area contributed by atoms with Crippen LogP contribution in [-0.2, 0) is 11.8 Å². The van der Waals surface area contributed by atoms with Crippen LogP contribution in [0.25, 0.3) is 17.1 Å². The van der Waals surface area contributed by atoms with Crippen LogP contribution in [0.1, 0.15) is 17.0 Å². The highest BCUT2D eigenvalue weighted by Gasteiger charge is 2.08. The molecule has 0 bridgehead atoms. The summed E-state index contributed by atoms with van der Waals surface area (Å²) in [6.07, 6.45) is 2.61. The number of hydrogen-bond donors (Lipinski definition) is 1. The molecule has 0 aliphatic rings. The smallest absolute Gasteiger partial charge is 0.328 e. The number of fused-ring (bicyclic) bond motifs is 1. The first-order chi connectivity index (χ1) is 7.99. The van der Waals surface area contributed by atoms with Crippen LogP contribution in [-0.4, -0.2) is 20.6 Å². The first kappa shape index (κ1) is 11.4. The summed E-state index contributed by atoms with van der Waals surface area (Å²) in [6, 6.07) is 4.09. The standard InChI is InChI=1S/C13H14N2O2/c1-8-6-9(2)13-10(7-8)14-11(15(13)3)4-5-12(16)17/h4-7H,1-3H3,(H,16,17)/b5-4+. The van der Waals surface area contributed by atoms with E-state index in [1.165, 1.54) is 6.08 Å². The fraction of sp³-hybridized carbons (Fsp3) is 0.231. The van der Waals surface area contributed by atoms with Crippen molar-refractivity contribution in [2.75, 3.05) is 0 Å². The van der Waals surface area contributed by atoms with E-state index < -0.39 is 5.97 Å². The van der Waals surface area contributed by atoms with E-state index in [4.69, 9.17) is 5.11 Å². The predicted molar refractivity (Wildman–Crippen MR) is 66.9 cm³/mol. The molecule has 4 nitrogen and oxygen atoms in total. The molecule has 0 radical (unpaired) electrons. The maximum absolute atomic E-state index is 10.5. The van der Waals surface area contributed by atoms with Crippen LogP contribution >= 0.6 is 0 Å². The van der Waals surface area contributed by atoms with Crippen molar-refractivity contribution < 1.29 is 9.90 Å². The summed E-state index contributed by atoms with van der Waals surface area (Å²) < 4.78 is 1.91. The topological polar surface area (TPSA) is 55.1 Å². The average Bonchev–Trinajstić information content (AvgIpc) is 2.52. The molecular formula is C13H14N2O2. The zero-order chi connectivity index (χ0) is 12.6. The number of aromatic nitrogens is 2. The highest BCUT2D eigenvalue weighted by molar-refractivity contribution is 5.87. The van der Waals surface area contributed by atoms with Crippen molar-refractivity contribution in [3.05, 3.63) is 35.2 Å². The molecule has 0 atom stereocenters. The van der Waals surface area contributed by atoms with Crippen LogP contribution in [0.2, 0.25) is 0 Å². The molecule has 0 amide bonds. The second-order valence-electron chi connectivity index (χ2n) is 4.15. The molecule has 0 saturated carbocycles. The van der Waals surface area contributed by atoms with Crippen molar-refractivity contribution in [1.29, 1.82) is 0 Å². The summed E-state index contributed by atoms with van der Waals surface area (Å²) in [5.41, 5.74) is 4.24. The van der Waals surface area contributed by atoms with Gasteiger partial charge in [-0.25, -0.2) is 9.78 Å². The monoisotopic (exact) mass is 230 g/mol. The van der Waals surface area contributed by atoms with E-state index in [0.717, 1.165) is 28.2 Å². The zero-order valence-corrected chi connectivity index (χ0v) is 10.1. The van der Waals surface area contributed by atoms with E-state index in [1.807, 2.05) is 31.5 Å². The summed E-state index contributed by atoms with van der Waals surface area (Å²) in [7, 11) is 1.89. The molecule has 2 aromatic rings. The second-order valence-corrected chi connectivity index (χ2v) is 4.15. The van der Waals surface area contributed by atoms with E-state index in [1.54, 1.807) is 0 Å². The number of hydrogen-bond acceptors (Lipinski definition) is 2. The Morgan fingerprint density at radius 2 is 2.12 bits per heavy atom. The average molecular weight is 230 g/mol. The van der Waals surface area contributed by atoms with Gasteiger partial charge in [0.1, 0.15) is 5.82 Å². The van der Waals surface area contributed by atoms with Crippen molar-refractivity contribution in [3.63, 3.8) is 0 Å². The number of imidazole rings is 1. The number of benzene rings is 1. The lowest BCUT2D eigenvalue weighted by atomic mass is 10.1. The minimum absolute atomic E-state index is 0.649. The van der Waals surface area contributed by atoms with Gasteiger partial charge in [-0.2, -0.15) is 0 Å². The Labute approximate surface area is 99.2 Å². The van der Waals surface area contributed by atoms with Gasteiger partial charge in [-0.05, 0) is 37.1 Å². The minimum atomic E-state index is -0.968. The lowest BCUT2D eigenvalue weighted by molar-refractivity contribution is -0.131. The Balaban J connectivity index is 2.64. The Morgan fingerprint density at radius 3 is 2.76 bits per heavy atom. The number of aryl methyl sites for hydroxylation is 3. The molecular weight excluding hydrogens is 216 g/mol. The van der Waals surface area contributed by atoms with E-state index in [9.17, 15) is 4.79 Å². The van der Waals surface area contributed by atoms with Crippen LogP contribution in [0.5, 0.6) is 0 Å². The third-order valence-corrected chi connectivity index (χ3v) is 2.71. The predicted octanol–water partition coefficient (Wildman–Crippen LogP) is 2.29. The number of rotatable bonds is 2. The molecule has 0 unspecified atom stereocenters. The summed E-state index contributed by atoms with van der Waals surface area (Å²) in [5, 5.41) is 8.62. The summed E-state index contributed by atoms with van der Waals surface area (Å²) in [6.45, 7) is 4.05. The van der Waals surface area contributed by atoms with Crippen molar-refractivity contribution in [1.82, 2.24) is 9.55 Å². The van der Waals surface area contributed by atoms with Gasteiger partial charge in [0.25, 0.3) is 0 Å². The van der Waals surface area contributed by atoms with Crippen LogP contribution in [0, 0.1) is 13.8 Å². The third-order valence-electron chi connectivity index (χ3n) is 2.71. The number of carboxylic acid groups (broad SMARTS) is 1. The molecule has 17 heavy (non-hydrogen) atoms. The van der Waals surface area contributed by atoms with Crippen molar-refractivity contribution in [3.8, 4) is 0 Å². The maximum atomic E-state index is 10.5. The summed E-state index contributed by atoms with van der Waals surface area (Å²) in [5.74, 6) is -0.318. The fourth-order valence-electron chi connectivity index (χ4n) is 2.07. The van der Waals surface area contributed by atoms with Gasteiger partial charge in [-0.15, -0.1) is 0 Å². The molecule has 4 heteroatoms. The molecule has 88 valence electrons. The van der Waals surface area contributed by atoms with Gasteiger partial charge in [0, 0.05) is 13.1 Å². The largest absolute Gasteiger partial charge is 0.478 e. The molecule has 1 aromatic carbocycles. The van der Waals surface area contributed by atoms with Gasteiger partial charge in [-0.1, -0.05) is 6.07 Å². The molecule has 0 fully saturated rings. The van der Waals surface area contributed by atoms with E-state index >= 15 is 0 Å². The quantitative estimate of drug-likeness (QED) is 0.805. The van der Waals surface area contributed by atoms with Crippen molar-refractivity contribution >= 4 is 23.1 Å². The van der Waals surface area contributed by atoms with Gasteiger partial charge in [-0.3, -0.25) is 0 Å². The summed E-state index contributed by atoms with van der Waals surface area (Å²) >= 11 is 0. The first-order valence-corrected chi connectivity index (χ1v) is 5.33. The van der Waals surface area contributed by atoms with E-state index in [0.29, 0.717) is 5.82 Å². The zero-order valence-electron chi connectivity index (χ0n) is 10.1. The lowest BCUT2D eigenvalue weighted by Crippen LogP contribution is -1.94. The first-order valence-electron chi connectivity index (χ1n) is 5.33. The number of carboxylic acids is 1. The van der Waals surface area contributed by atoms with Crippen molar-refractivity contribution in [2.24, 2.45) is 7.05 Å². The molecule has 2 rings (SSSR count). The van der Waals surface area contributed by atoms with Gasteiger partial charge in [0.15, 0.2) is 0 Å². The third kappa shape index (κ3) is 2.06. The fourth-order valence-corrected chi connectivity index (χ4v) is 2.07. The van der Waals surface area contributed by atoms with Gasteiger partial charge < -0.3 is 9.67 Å². The van der Waals surface area contributed by atoms with Gasteiger partial charge in [0.2, 0.25) is 0 Å². The molecule has 0 aliphatic carbocycles. The van der Waals surface area contributed by atoms with Crippen LogP contribution in [0.4, 0.5) is 0 Å². The van der Waals surface area contributed by atoms with Crippen LogP contribution in [0.3, 0.4) is 0 Å². The number of aliphatic carboxylic acids is 1. The Hall–Kier alpha value is -2.10. The minimum Gasteiger partial charge on any atom is -0.478 e. The Bertz CT molecular complexity index is 624. The number of nitrogens with zero attached hydrogens (tertiary/aromatic N) is 2. The van der Waals surface area contributed by atoms with E-state index in [2.05, 4.69) is 11.1 Å². The summed E-state index contributed by atoms with van der Waals surface area (Å²) in [4.78, 5) is 14.9. The molecule has 0 saturated heterocycles. The van der Waals surface area contributed by atoms with Crippen LogP contribution < -0.4 is 0 Å². The van der Waals surface area contributed by atoms with Gasteiger partial charge in [0.05, 0.1) is 11.0 Å². The SMILES string of the molecule is Cc1cc(C)c2c(c1)nc(/C=C/C(=O)O)n2C. The van der Waals surface area contributed by atoms with Crippen molar-refractivity contribution in [2.45, 2.75) is 13.8 Å². The van der Waals surface area contributed by atoms with Crippen LogP contribution in [0.15, 0.2) is 18.2 Å². The Kier molecular flexibility index (Phi) is 2.71.